The Kier molecular flexibility index (Phi) is 5.93. The molecule has 0 spiro atoms. The number of halogens is 1. The molecule has 0 fully saturated rings. The predicted molar refractivity (Wildman–Crippen MR) is 107 cm³/mol. The maximum Gasteiger partial charge on any atom is 0.269 e. The highest BCUT2D eigenvalue weighted by atomic mass is 19.1. The molecular weight excluding hydrogens is 379 g/mol. The summed E-state index contributed by atoms with van der Waals surface area (Å²) in [4.78, 5) is 20.3. The quantitative estimate of drug-likeness (QED) is 0.448. The number of carbonyl (C=O) groups is 1. The van der Waals surface area contributed by atoms with E-state index in [4.69, 9.17) is 15.2 Å². The first kappa shape index (κ1) is 19.7. The zero-order valence-corrected chi connectivity index (χ0v) is 15.7. The smallest absolute Gasteiger partial charge is 0.269 e. The van der Waals surface area contributed by atoms with Crippen LogP contribution in [0.1, 0.15) is 10.4 Å². The van der Waals surface area contributed by atoms with E-state index in [9.17, 15) is 9.18 Å². The van der Waals surface area contributed by atoms with Crippen LogP contribution >= 0.6 is 0 Å². The van der Waals surface area contributed by atoms with Gasteiger partial charge in [0.1, 0.15) is 29.3 Å². The molecule has 0 aliphatic heterocycles. The molecule has 1 heterocycles. The number of nitrogen functional groups attached to an aromatic ring is 1. The lowest BCUT2D eigenvalue weighted by Gasteiger charge is -2.15. The maximum absolute atomic E-state index is 13.0. The minimum atomic E-state index is -0.480. The first-order chi connectivity index (χ1) is 14.0. The molecule has 0 aliphatic rings. The van der Waals surface area contributed by atoms with Gasteiger partial charge in [-0.2, -0.15) is 0 Å². The van der Waals surface area contributed by atoms with Crippen LogP contribution in [0.2, 0.25) is 0 Å². The standard InChI is InChI=1S/C19H19FN6O3/c1-28-13-7-8-15(29-2)14(9-13)24-17-16(21)18(23-10-22-17)25-26-19(27)11-3-5-12(20)6-4-11/h3-10H,21H2,1-2H3,(H,26,27)(H2,22,23,24,25). The van der Waals surface area contributed by atoms with Gasteiger partial charge in [0, 0.05) is 11.6 Å². The zero-order chi connectivity index (χ0) is 20.8. The SMILES string of the molecule is COc1ccc(OC)c(Nc2ncnc(NNC(=O)c3ccc(F)cc3)c2N)c1. The summed E-state index contributed by atoms with van der Waals surface area (Å²) in [6.07, 6.45) is 1.28. The number of carbonyl (C=O) groups excluding carboxylic acids is 1. The van der Waals surface area contributed by atoms with Crippen LogP contribution in [0, 0.1) is 5.82 Å². The average molecular weight is 398 g/mol. The molecule has 3 aromatic rings. The fourth-order valence-electron chi connectivity index (χ4n) is 2.42. The maximum atomic E-state index is 13.0. The van der Waals surface area contributed by atoms with Crippen molar-refractivity contribution in [2.24, 2.45) is 0 Å². The van der Waals surface area contributed by atoms with E-state index in [0.717, 1.165) is 0 Å². The van der Waals surface area contributed by atoms with Crippen molar-refractivity contribution in [2.45, 2.75) is 0 Å². The normalized spacial score (nSPS) is 10.2. The van der Waals surface area contributed by atoms with Crippen LogP contribution in [-0.2, 0) is 0 Å². The molecule has 0 radical (unpaired) electrons. The topological polar surface area (TPSA) is 123 Å². The highest BCUT2D eigenvalue weighted by Crippen LogP contribution is 2.33. The van der Waals surface area contributed by atoms with Crippen LogP contribution < -0.4 is 31.4 Å². The Morgan fingerprint density at radius 3 is 2.45 bits per heavy atom. The third-order valence-electron chi connectivity index (χ3n) is 3.94. The minimum Gasteiger partial charge on any atom is -0.497 e. The van der Waals surface area contributed by atoms with Crippen LogP contribution in [0.3, 0.4) is 0 Å². The number of rotatable bonds is 7. The summed E-state index contributed by atoms with van der Waals surface area (Å²) in [6.45, 7) is 0. The second kappa shape index (κ2) is 8.74. The van der Waals surface area contributed by atoms with Crippen molar-refractivity contribution >= 4 is 28.9 Å². The monoisotopic (exact) mass is 398 g/mol. The average Bonchev–Trinajstić information content (AvgIpc) is 2.74. The van der Waals surface area contributed by atoms with Crippen LogP contribution in [0.5, 0.6) is 11.5 Å². The number of aromatic nitrogens is 2. The van der Waals surface area contributed by atoms with Crippen molar-refractivity contribution in [1.29, 1.82) is 0 Å². The Hall–Kier alpha value is -4.08. The Labute approximate surface area is 166 Å². The van der Waals surface area contributed by atoms with Crippen LogP contribution in [0.4, 0.5) is 27.4 Å². The first-order valence-corrected chi connectivity index (χ1v) is 8.43. The van der Waals surface area contributed by atoms with Gasteiger partial charge >= 0.3 is 0 Å². The van der Waals surface area contributed by atoms with Gasteiger partial charge in [0.15, 0.2) is 11.6 Å². The number of amides is 1. The molecule has 9 nitrogen and oxygen atoms in total. The zero-order valence-electron chi connectivity index (χ0n) is 15.7. The third-order valence-corrected chi connectivity index (χ3v) is 3.94. The van der Waals surface area contributed by atoms with Gasteiger partial charge < -0.3 is 20.5 Å². The van der Waals surface area contributed by atoms with Crippen molar-refractivity contribution < 1.29 is 18.7 Å². The van der Waals surface area contributed by atoms with Crippen molar-refractivity contribution in [3.05, 3.63) is 60.2 Å². The fraction of sp³-hybridized carbons (Fsp3) is 0.105. The lowest BCUT2D eigenvalue weighted by molar-refractivity contribution is 0.0962. The van der Waals surface area contributed by atoms with Crippen LogP contribution in [0.15, 0.2) is 48.8 Å². The summed E-state index contributed by atoms with van der Waals surface area (Å²) in [5.74, 6) is 0.740. The molecule has 0 bridgehead atoms. The number of nitrogens with two attached hydrogens (primary N) is 1. The molecule has 3 rings (SSSR count). The lowest BCUT2D eigenvalue weighted by Crippen LogP contribution is -2.30. The summed E-state index contributed by atoms with van der Waals surface area (Å²) in [7, 11) is 3.09. The van der Waals surface area contributed by atoms with E-state index < -0.39 is 11.7 Å². The molecule has 0 aliphatic carbocycles. The molecule has 10 heteroatoms. The van der Waals surface area contributed by atoms with Crippen molar-refractivity contribution in [3.8, 4) is 11.5 Å². The lowest BCUT2D eigenvalue weighted by atomic mass is 10.2. The van der Waals surface area contributed by atoms with Gasteiger partial charge in [0.2, 0.25) is 0 Å². The number of methoxy groups -OCH3 is 2. The van der Waals surface area contributed by atoms with Gasteiger partial charge in [0.05, 0.1) is 19.9 Å². The number of anilines is 4. The number of ether oxygens (including phenoxy) is 2. The summed E-state index contributed by atoms with van der Waals surface area (Å²) in [6, 6.07) is 10.3. The van der Waals surface area contributed by atoms with Crippen molar-refractivity contribution in [3.63, 3.8) is 0 Å². The Morgan fingerprint density at radius 1 is 1.03 bits per heavy atom. The van der Waals surface area contributed by atoms with Crippen LogP contribution in [0.25, 0.3) is 0 Å². The number of hydrogen-bond acceptors (Lipinski definition) is 8. The van der Waals surface area contributed by atoms with Gasteiger partial charge in [-0.25, -0.2) is 14.4 Å². The summed E-state index contributed by atoms with van der Waals surface area (Å²) in [5.41, 5.74) is 12.2. The largest absolute Gasteiger partial charge is 0.497 e. The molecule has 5 N–H and O–H groups in total. The van der Waals surface area contributed by atoms with E-state index in [1.54, 1.807) is 25.3 Å². The van der Waals surface area contributed by atoms with E-state index in [1.165, 1.54) is 37.7 Å². The van der Waals surface area contributed by atoms with E-state index in [1.807, 2.05) is 0 Å². The van der Waals surface area contributed by atoms with Crippen molar-refractivity contribution in [1.82, 2.24) is 15.4 Å². The highest BCUT2D eigenvalue weighted by molar-refractivity contribution is 5.95. The molecule has 150 valence electrons. The molecule has 0 saturated carbocycles. The van der Waals surface area contributed by atoms with E-state index in [-0.39, 0.29) is 17.1 Å². The number of hydrazine groups is 1. The highest BCUT2D eigenvalue weighted by Gasteiger charge is 2.13. The first-order valence-electron chi connectivity index (χ1n) is 8.43. The number of nitrogens with one attached hydrogen (secondary N) is 3. The molecule has 2 aromatic carbocycles. The van der Waals surface area contributed by atoms with E-state index in [0.29, 0.717) is 23.0 Å². The molecule has 0 atom stereocenters. The number of benzene rings is 2. The van der Waals surface area contributed by atoms with Gasteiger partial charge in [-0.05, 0) is 36.4 Å². The Morgan fingerprint density at radius 2 is 1.76 bits per heavy atom. The molecule has 0 saturated heterocycles. The molecular formula is C19H19FN6O3. The fourth-order valence-corrected chi connectivity index (χ4v) is 2.42. The van der Waals surface area contributed by atoms with Crippen LogP contribution in [-0.4, -0.2) is 30.1 Å². The molecule has 0 unspecified atom stereocenters. The van der Waals surface area contributed by atoms with Gasteiger partial charge in [0.25, 0.3) is 5.91 Å². The van der Waals surface area contributed by atoms with E-state index in [2.05, 4.69) is 26.1 Å². The van der Waals surface area contributed by atoms with Gasteiger partial charge in [-0.1, -0.05) is 0 Å². The summed E-state index contributed by atoms with van der Waals surface area (Å²) < 4.78 is 23.5. The molecule has 29 heavy (non-hydrogen) atoms. The Balaban J connectivity index is 1.76. The summed E-state index contributed by atoms with van der Waals surface area (Å²) >= 11 is 0. The predicted octanol–water partition coefficient (Wildman–Crippen LogP) is 2.72. The Bertz CT molecular complexity index is 1010. The second-order valence-corrected chi connectivity index (χ2v) is 5.76. The van der Waals surface area contributed by atoms with E-state index >= 15 is 0 Å². The number of hydrogen-bond donors (Lipinski definition) is 4. The van der Waals surface area contributed by atoms with Gasteiger partial charge in [-0.15, -0.1) is 0 Å². The molecule has 1 aromatic heterocycles. The minimum absolute atomic E-state index is 0.164. The van der Waals surface area contributed by atoms with Crippen molar-refractivity contribution in [2.75, 3.05) is 30.7 Å². The summed E-state index contributed by atoms with van der Waals surface area (Å²) in [5, 5.41) is 3.06. The number of nitrogens with zero attached hydrogens (tertiary/aromatic N) is 2. The third kappa shape index (κ3) is 4.61. The molecule has 1 amide bonds. The second-order valence-electron chi connectivity index (χ2n) is 5.76. The van der Waals surface area contributed by atoms with Gasteiger partial charge in [-0.3, -0.25) is 15.6 Å².